The van der Waals surface area contributed by atoms with Gasteiger partial charge in [-0.2, -0.15) is 0 Å². The minimum atomic E-state index is -0.367. The first-order valence-electron chi connectivity index (χ1n) is 6.36. The fraction of sp³-hybridized carbons (Fsp3) is 0.400. The summed E-state index contributed by atoms with van der Waals surface area (Å²) in [5, 5.41) is 0.745. The highest BCUT2D eigenvalue weighted by molar-refractivity contribution is 6.30. The number of nitrogens with zero attached hydrogens (tertiary/aromatic N) is 1. The Balaban J connectivity index is 0.00000361. The van der Waals surface area contributed by atoms with E-state index >= 15 is 0 Å². The first-order chi connectivity index (χ1) is 8.99. The molecule has 0 heterocycles. The quantitative estimate of drug-likeness (QED) is 0.403. The Kier molecular flexibility index (Phi) is 8.54. The van der Waals surface area contributed by atoms with Crippen LogP contribution in [0, 0.1) is 0 Å². The summed E-state index contributed by atoms with van der Waals surface area (Å²) in [7, 11) is 2.15. The van der Waals surface area contributed by atoms with E-state index in [0.717, 1.165) is 29.1 Å². The molecule has 0 aliphatic carbocycles. The van der Waals surface area contributed by atoms with Gasteiger partial charge in [0.15, 0.2) is 0 Å². The van der Waals surface area contributed by atoms with Gasteiger partial charge in [0.05, 0.1) is 13.6 Å². The molecule has 0 aromatic heterocycles. The van der Waals surface area contributed by atoms with Gasteiger partial charge in [-0.3, -0.25) is 0 Å². The van der Waals surface area contributed by atoms with E-state index in [1.807, 2.05) is 24.3 Å². The van der Waals surface area contributed by atoms with Crippen molar-refractivity contribution in [2.24, 2.45) is 0 Å². The van der Waals surface area contributed by atoms with Crippen molar-refractivity contribution in [1.82, 2.24) is 0 Å². The number of hydrogen-bond donors (Lipinski definition) is 0. The van der Waals surface area contributed by atoms with Gasteiger partial charge in [-0.05, 0) is 19.1 Å². The van der Waals surface area contributed by atoms with Crippen molar-refractivity contribution in [1.29, 1.82) is 0 Å². The highest BCUT2D eigenvalue weighted by atomic mass is 35.5. The van der Waals surface area contributed by atoms with E-state index in [0.29, 0.717) is 6.61 Å². The lowest BCUT2D eigenvalue weighted by atomic mass is 10.2. The van der Waals surface area contributed by atoms with Crippen LogP contribution >= 0.6 is 11.6 Å². The first-order valence-corrected chi connectivity index (χ1v) is 6.74. The van der Waals surface area contributed by atoms with E-state index in [-0.39, 0.29) is 18.4 Å². The van der Waals surface area contributed by atoms with E-state index in [4.69, 9.17) is 16.3 Å². The van der Waals surface area contributed by atoms with Crippen LogP contribution in [-0.2, 0) is 16.1 Å². The van der Waals surface area contributed by atoms with Gasteiger partial charge in [-0.25, -0.2) is 4.79 Å². The van der Waals surface area contributed by atoms with Crippen molar-refractivity contribution in [3.8, 4) is 0 Å². The van der Waals surface area contributed by atoms with Crippen molar-refractivity contribution in [2.75, 3.05) is 26.7 Å². The standard InChI is InChI=1S/C15H21ClNO2.ClH/c1-4-15(18)19-11-10-17(3,5-2)12-13-6-8-14(16)9-7-13;/h4,6-9H,1,5,10-12H2,2-3H3;1H/q+1;/p-1. The number of esters is 1. The van der Waals surface area contributed by atoms with Crippen LogP contribution in [0.4, 0.5) is 0 Å². The lowest BCUT2D eigenvalue weighted by molar-refractivity contribution is -0.921. The van der Waals surface area contributed by atoms with Crippen LogP contribution in [0.25, 0.3) is 0 Å². The lowest BCUT2D eigenvalue weighted by Gasteiger charge is -2.33. The van der Waals surface area contributed by atoms with Crippen molar-refractivity contribution in [2.45, 2.75) is 13.5 Å². The number of halogens is 2. The van der Waals surface area contributed by atoms with Crippen LogP contribution in [0.5, 0.6) is 0 Å². The average Bonchev–Trinajstić information content (AvgIpc) is 2.41. The van der Waals surface area contributed by atoms with Crippen LogP contribution < -0.4 is 12.4 Å². The fourth-order valence-corrected chi connectivity index (χ4v) is 1.93. The number of benzene rings is 1. The number of carbonyl (C=O) groups excluding carboxylic acids is 1. The Hall–Kier alpha value is -1.03. The average molecular weight is 318 g/mol. The van der Waals surface area contributed by atoms with Gasteiger partial charge >= 0.3 is 5.97 Å². The molecule has 3 nitrogen and oxygen atoms in total. The predicted octanol–water partition coefficient (Wildman–Crippen LogP) is 0.0397. The summed E-state index contributed by atoms with van der Waals surface area (Å²) >= 11 is 5.88. The Labute approximate surface area is 132 Å². The predicted molar refractivity (Wildman–Crippen MR) is 77.9 cm³/mol. The fourth-order valence-electron chi connectivity index (χ4n) is 1.81. The Morgan fingerprint density at radius 1 is 1.40 bits per heavy atom. The third kappa shape index (κ3) is 6.42. The summed E-state index contributed by atoms with van der Waals surface area (Å²) in [5.74, 6) is -0.367. The topological polar surface area (TPSA) is 26.3 Å². The molecule has 0 aliphatic rings. The van der Waals surface area contributed by atoms with Gasteiger partial charge in [-0.1, -0.05) is 30.3 Å². The number of likely N-dealkylation sites (N-methyl/N-ethyl adjacent to an activating group) is 1. The molecule has 0 aliphatic heterocycles. The van der Waals surface area contributed by atoms with E-state index in [9.17, 15) is 4.79 Å². The summed E-state index contributed by atoms with van der Waals surface area (Å²) < 4.78 is 5.86. The maximum absolute atomic E-state index is 11.0. The number of quaternary nitrogens is 1. The first kappa shape index (κ1) is 19.0. The molecule has 0 bridgehead atoms. The van der Waals surface area contributed by atoms with E-state index in [2.05, 4.69) is 20.6 Å². The highest BCUT2D eigenvalue weighted by Crippen LogP contribution is 2.15. The number of ether oxygens (including phenoxy) is 1. The molecule has 0 saturated heterocycles. The van der Waals surface area contributed by atoms with Gasteiger partial charge in [0.2, 0.25) is 0 Å². The molecule has 1 aromatic rings. The van der Waals surface area contributed by atoms with Crippen molar-refractivity contribution in [3.05, 3.63) is 47.5 Å². The third-order valence-corrected chi connectivity index (χ3v) is 3.54. The second kappa shape index (κ2) is 9.01. The van der Waals surface area contributed by atoms with Gasteiger partial charge < -0.3 is 21.6 Å². The maximum Gasteiger partial charge on any atom is 0.330 e. The van der Waals surface area contributed by atoms with Crippen LogP contribution in [0.3, 0.4) is 0 Å². The summed E-state index contributed by atoms with van der Waals surface area (Å²) in [5.41, 5.74) is 1.23. The van der Waals surface area contributed by atoms with Crippen molar-refractivity contribution < 1.29 is 26.4 Å². The van der Waals surface area contributed by atoms with Crippen LogP contribution in [0.1, 0.15) is 12.5 Å². The zero-order valence-corrected chi connectivity index (χ0v) is 13.5. The molecule has 1 atom stereocenters. The molecule has 0 N–H and O–H groups in total. The molecule has 0 fully saturated rings. The zero-order valence-electron chi connectivity index (χ0n) is 11.9. The monoisotopic (exact) mass is 317 g/mol. The Morgan fingerprint density at radius 2 is 2.00 bits per heavy atom. The summed E-state index contributed by atoms with van der Waals surface area (Å²) in [6.45, 7) is 8.55. The second-order valence-corrected chi connectivity index (χ2v) is 5.25. The lowest BCUT2D eigenvalue weighted by Crippen LogP contribution is -3.00. The molecule has 20 heavy (non-hydrogen) atoms. The maximum atomic E-state index is 11.0. The van der Waals surface area contributed by atoms with E-state index in [1.165, 1.54) is 11.6 Å². The summed E-state index contributed by atoms with van der Waals surface area (Å²) in [6, 6.07) is 7.86. The molecule has 0 amide bonds. The van der Waals surface area contributed by atoms with Gasteiger partial charge in [0.1, 0.15) is 19.7 Å². The minimum Gasteiger partial charge on any atom is -1.00 e. The minimum absolute atomic E-state index is 0. The highest BCUT2D eigenvalue weighted by Gasteiger charge is 2.20. The zero-order chi connectivity index (χ0) is 14.3. The number of rotatable bonds is 7. The van der Waals surface area contributed by atoms with Gasteiger partial charge in [0.25, 0.3) is 0 Å². The molecule has 0 radical (unpaired) electrons. The largest absolute Gasteiger partial charge is 1.00 e. The van der Waals surface area contributed by atoms with Crippen LogP contribution in [0.15, 0.2) is 36.9 Å². The van der Waals surface area contributed by atoms with Gasteiger partial charge in [0, 0.05) is 16.7 Å². The third-order valence-electron chi connectivity index (χ3n) is 3.28. The molecule has 1 aromatic carbocycles. The van der Waals surface area contributed by atoms with Crippen molar-refractivity contribution >= 4 is 17.6 Å². The Bertz CT molecular complexity index is 434. The second-order valence-electron chi connectivity index (χ2n) is 4.82. The molecule has 0 saturated carbocycles. The smallest absolute Gasteiger partial charge is 0.330 e. The molecule has 5 heteroatoms. The summed E-state index contributed by atoms with van der Waals surface area (Å²) in [6.07, 6.45) is 1.19. The molecular formula is C15H21Cl2NO2. The Morgan fingerprint density at radius 3 is 2.50 bits per heavy atom. The molecular weight excluding hydrogens is 297 g/mol. The molecule has 0 spiro atoms. The molecule has 1 rings (SSSR count). The summed E-state index contributed by atoms with van der Waals surface area (Å²) in [4.78, 5) is 11.0. The molecule has 112 valence electrons. The van der Waals surface area contributed by atoms with Gasteiger partial charge in [-0.15, -0.1) is 0 Å². The van der Waals surface area contributed by atoms with Crippen LogP contribution in [0.2, 0.25) is 5.02 Å². The molecule has 1 unspecified atom stereocenters. The normalized spacial score (nSPS) is 12.9. The number of hydrogen-bond acceptors (Lipinski definition) is 2. The van der Waals surface area contributed by atoms with E-state index < -0.39 is 0 Å². The van der Waals surface area contributed by atoms with E-state index in [1.54, 1.807) is 0 Å². The van der Waals surface area contributed by atoms with Crippen molar-refractivity contribution in [3.63, 3.8) is 0 Å². The number of carbonyl (C=O) groups is 1. The SMILES string of the molecule is C=CC(=O)OCC[N+](C)(CC)Cc1ccc(Cl)cc1.[Cl-]. The van der Waals surface area contributed by atoms with Crippen LogP contribution in [-0.4, -0.2) is 37.2 Å².